The highest BCUT2D eigenvalue weighted by Crippen LogP contribution is 2.28. The van der Waals surface area contributed by atoms with Crippen LogP contribution in [0.4, 0.5) is 0 Å². The van der Waals surface area contributed by atoms with Gasteiger partial charge in [0.15, 0.2) is 0 Å². The number of amides is 1. The number of ether oxygens (including phenoxy) is 1. The summed E-state index contributed by atoms with van der Waals surface area (Å²) >= 11 is 3.36. The average molecular weight is 312 g/mol. The minimum absolute atomic E-state index is 0.0504. The van der Waals surface area contributed by atoms with Crippen molar-refractivity contribution in [1.29, 1.82) is 0 Å². The predicted molar refractivity (Wildman–Crippen MR) is 74.7 cm³/mol. The van der Waals surface area contributed by atoms with E-state index in [-0.39, 0.29) is 17.6 Å². The molecular weight excluding hydrogens is 294 g/mol. The average Bonchev–Trinajstić information content (AvgIpc) is 2.66. The first kappa shape index (κ1) is 13.6. The molecule has 98 valence electrons. The van der Waals surface area contributed by atoms with Crippen molar-refractivity contribution in [3.8, 4) is 0 Å². The zero-order valence-corrected chi connectivity index (χ0v) is 12.3. The molecule has 1 N–H and O–H groups in total. The first-order chi connectivity index (χ1) is 8.46. The van der Waals surface area contributed by atoms with Gasteiger partial charge in [-0.3, -0.25) is 4.79 Å². The number of benzene rings is 1. The van der Waals surface area contributed by atoms with E-state index in [1.165, 1.54) is 0 Å². The maximum absolute atomic E-state index is 11.9. The van der Waals surface area contributed by atoms with Crippen molar-refractivity contribution in [2.75, 3.05) is 6.54 Å². The quantitative estimate of drug-likeness (QED) is 0.931. The number of hydrogen-bond donors (Lipinski definition) is 1. The molecule has 0 aromatic heterocycles. The fourth-order valence-electron chi connectivity index (χ4n) is 2.16. The van der Waals surface area contributed by atoms with Crippen molar-refractivity contribution in [3.63, 3.8) is 0 Å². The summed E-state index contributed by atoms with van der Waals surface area (Å²) in [6, 6.07) is 7.38. The second-order valence-electron chi connectivity index (χ2n) is 5.26. The van der Waals surface area contributed by atoms with Gasteiger partial charge in [-0.25, -0.2) is 0 Å². The number of halogens is 1. The Labute approximate surface area is 116 Å². The fraction of sp³-hybridized carbons (Fsp3) is 0.500. The molecule has 1 amide bonds. The molecule has 1 aliphatic rings. The highest BCUT2D eigenvalue weighted by atomic mass is 79.9. The summed E-state index contributed by atoms with van der Waals surface area (Å²) in [5, 5.41) is 2.92. The van der Waals surface area contributed by atoms with Gasteiger partial charge in [-0.05, 0) is 44.9 Å². The van der Waals surface area contributed by atoms with E-state index in [9.17, 15) is 4.79 Å². The van der Waals surface area contributed by atoms with Crippen LogP contribution in [0.25, 0.3) is 0 Å². The Morgan fingerprint density at radius 3 is 2.94 bits per heavy atom. The van der Waals surface area contributed by atoms with Crippen molar-refractivity contribution in [2.45, 2.75) is 38.4 Å². The van der Waals surface area contributed by atoms with Gasteiger partial charge in [0, 0.05) is 16.6 Å². The second kappa shape index (κ2) is 5.41. The molecule has 0 aliphatic carbocycles. The monoisotopic (exact) mass is 311 g/mol. The molecule has 1 saturated heterocycles. The molecule has 2 rings (SSSR count). The lowest BCUT2D eigenvalue weighted by Gasteiger charge is -2.19. The lowest BCUT2D eigenvalue weighted by atomic mass is 10.1. The third-order valence-corrected chi connectivity index (χ3v) is 3.62. The van der Waals surface area contributed by atoms with Crippen molar-refractivity contribution >= 4 is 21.8 Å². The van der Waals surface area contributed by atoms with Gasteiger partial charge < -0.3 is 10.1 Å². The molecular formula is C14H18BrNO2. The van der Waals surface area contributed by atoms with Crippen LogP contribution < -0.4 is 5.32 Å². The molecule has 1 atom stereocenters. The third-order valence-electron chi connectivity index (χ3n) is 3.13. The summed E-state index contributed by atoms with van der Waals surface area (Å²) in [7, 11) is 0. The Morgan fingerprint density at radius 1 is 1.56 bits per heavy atom. The summed E-state index contributed by atoms with van der Waals surface area (Å²) in [6.07, 6.45) is 2.19. The Hall–Kier alpha value is -0.870. The van der Waals surface area contributed by atoms with Gasteiger partial charge in [-0.15, -0.1) is 0 Å². The van der Waals surface area contributed by atoms with E-state index in [2.05, 4.69) is 35.1 Å². The van der Waals surface area contributed by atoms with Crippen molar-refractivity contribution < 1.29 is 9.53 Å². The molecule has 3 nitrogen and oxygen atoms in total. The van der Waals surface area contributed by atoms with E-state index in [0.29, 0.717) is 12.1 Å². The van der Waals surface area contributed by atoms with E-state index >= 15 is 0 Å². The van der Waals surface area contributed by atoms with Crippen LogP contribution in [0.3, 0.4) is 0 Å². The van der Waals surface area contributed by atoms with Crippen molar-refractivity contribution in [1.82, 2.24) is 5.32 Å². The zero-order valence-electron chi connectivity index (χ0n) is 10.7. The molecule has 4 heteroatoms. The van der Waals surface area contributed by atoms with E-state index in [1.54, 1.807) is 6.07 Å². The zero-order chi connectivity index (χ0) is 13.2. The molecule has 1 aromatic rings. The first-order valence-corrected chi connectivity index (χ1v) is 6.97. The van der Waals surface area contributed by atoms with Gasteiger partial charge in [-0.2, -0.15) is 0 Å². The Bertz CT molecular complexity index is 445. The number of nitrogens with one attached hydrogen (secondary N) is 1. The van der Waals surface area contributed by atoms with E-state index < -0.39 is 0 Å². The smallest absolute Gasteiger partial charge is 0.251 e. The van der Waals surface area contributed by atoms with Gasteiger partial charge in [0.05, 0.1) is 11.7 Å². The summed E-state index contributed by atoms with van der Waals surface area (Å²) in [5.41, 5.74) is 0.618. The van der Waals surface area contributed by atoms with Crippen LogP contribution >= 0.6 is 15.9 Å². The van der Waals surface area contributed by atoms with Crippen molar-refractivity contribution in [2.24, 2.45) is 0 Å². The number of rotatable bonds is 3. The number of hydrogen-bond acceptors (Lipinski definition) is 2. The second-order valence-corrected chi connectivity index (χ2v) is 6.17. The van der Waals surface area contributed by atoms with E-state index in [0.717, 1.165) is 17.3 Å². The van der Waals surface area contributed by atoms with Gasteiger partial charge in [0.25, 0.3) is 5.91 Å². The van der Waals surface area contributed by atoms with Crippen LogP contribution in [-0.2, 0) is 4.74 Å². The minimum atomic E-state index is -0.0513. The first-order valence-electron chi connectivity index (χ1n) is 6.18. The molecule has 1 aliphatic heterocycles. The molecule has 0 saturated carbocycles. The van der Waals surface area contributed by atoms with Crippen molar-refractivity contribution in [3.05, 3.63) is 34.3 Å². The van der Waals surface area contributed by atoms with Gasteiger partial charge in [-0.1, -0.05) is 22.0 Å². The Balaban J connectivity index is 1.86. The Kier molecular flexibility index (Phi) is 4.07. The van der Waals surface area contributed by atoms with E-state index in [1.807, 2.05) is 18.2 Å². The molecule has 0 unspecified atom stereocenters. The van der Waals surface area contributed by atoms with Gasteiger partial charge in [0.1, 0.15) is 0 Å². The standard InChI is InChI=1S/C14H18BrNO2/c1-14(2)7-6-12(18-14)9-16-13(17)10-4-3-5-11(15)8-10/h3-5,8,12H,6-7,9H2,1-2H3,(H,16,17)/t12-/m0/s1. The fourth-order valence-corrected chi connectivity index (χ4v) is 2.56. The maximum atomic E-state index is 11.9. The molecule has 1 fully saturated rings. The lowest BCUT2D eigenvalue weighted by molar-refractivity contribution is -0.0138. The normalized spacial score (nSPS) is 21.8. The number of carbonyl (C=O) groups is 1. The van der Waals surface area contributed by atoms with Gasteiger partial charge >= 0.3 is 0 Å². The molecule has 0 spiro atoms. The largest absolute Gasteiger partial charge is 0.371 e. The van der Waals surface area contributed by atoms with Crippen LogP contribution in [0.15, 0.2) is 28.7 Å². The SMILES string of the molecule is CC1(C)CC[C@@H](CNC(=O)c2cccc(Br)c2)O1. The Morgan fingerprint density at radius 2 is 2.33 bits per heavy atom. The van der Waals surface area contributed by atoms with Crippen LogP contribution in [0.2, 0.25) is 0 Å². The summed E-state index contributed by atoms with van der Waals surface area (Å²) < 4.78 is 6.75. The lowest BCUT2D eigenvalue weighted by Crippen LogP contribution is -2.33. The van der Waals surface area contributed by atoms with Crippen LogP contribution in [0.5, 0.6) is 0 Å². The van der Waals surface area contributed by atoms with Crippen LogP contribution in [-0.4, -0.2) is 24.2 Å². The highest BCUT2D eigenvalue weighted by Gasteiger charge is 2.31. The number of carbonyl (C=O) groups excluding carboxylic acids is 1. The summed E-state index contributed by atoms with van der Waals surface area (Å²) in [6.45, 7) is 4.75. The third kappa shape index (κ3) is 3.56. The molecule has 1 aromatic carbocycles. The van der Waals surface area contributed by atoms with Crippen LogP contribution in [0.1, 0.15) is 37.0 Å². The highest BCUT2D eigenvalue weighted by molar-refractivity contribution is 9.10. The topological polar surface area (TPSA) is 38.3 Å². The van der Waals surface area contributed by atoms with Crippen LogP contribution in [0, 0.1) is 0 Å². The molecule has 0 radical (unpaired) electrons. The molecule has 0 bridgehead atoms. The van der Waals surface area contributed by atoms with Gasteiger partial charge in [0.2, 0.25) is 0 Å². The predicted octanol–water partition coefficient (Wildman–Crippen LogP) is 3.14. The summed E-state index contributed by atoms with van der Waals surface area (Å²) in [4.78, 5) is 11.9. The molecule has 1 heterocycles. The minimum Gasteiger partial charge on any atom is -0.371 e. The maximum Gasteiger partial charge on any atom is 0.251 e. The molecule has 18 heavy (non-hydrogen) atoms. The van der Waals surface area contributed by atoms with E-state index in [4.69, 9.17) is 4.74 Å². The summed E-state index contributed by atoms with van der Waals surface area (Å²) in [5.74, 6) is -0.0513.